The minimum Gasteiger partial charge on any atom is -0.481 e. The van der Waals surface area contributed by atoms with Crippen LogP contribution in [-0.4, -0.2) is 41.8 Å². The predicted octanol–water partition coefficient (Wildman–Crippen LogP) is 4.70. The molecule has 7 nitrogen and oxygen atoms in total. The van der Waals surface area contributed by atoms with Gasteiger partial charge in [0.25, 0.3) is 0 Å². The van der Waals surface area contributed by atoms with E-state index in [-0.39, 0.29) is 42.9 Å². The minimum atomic E-state index is -0.801. The van der Waals surface area contributed by atoms with Gasteiger partial charge in [-0.15, -0.1) is 0 Å². The van der Waals surface area contributed by atoms with E-state index >= 15 is 0 Å². The lowest BCUT2D eigenvalue weighted by atomic mass is 9.98. The SMILES string of the molecule is CC(CCCC(C)C(=O)O)NC(=O)CC(C)NC(=O)OCC1c2ccccc2-c2ccccc21. The Morgan fingerprint density at radius 1 is 0.882 bits per heavy atom. The lowest BCUT2D eigenvalue weighted by molar-refractivity contribution is -0.141. The van der Waals surface area contributed by atoms with Crippen LogP contribution in [0.2, 0.25) is 0 Å². The Balaban J connectivity index is 1.41. The van der Waals surface area contributed by atoms with Crippen molar-refractivity contribution in [3.8, 4) is 11.1 Å². The third kappa shape index (κ3) is 6.59. The highest BCUT2D eigenvalue weighted by Crippen LogP contribution is 2.44. The number of fused-ring (bicyclic) bond motifs is 3. The number of aliphatic carboxylic acids is 1. The molecule has 7 heteroatoms. The molecule has 1 aliphatic carbocycles. The van der Waals surface area contributed by atoms with Crippen LogP contribution in [0.4, 0.5) is 4.79 Å². The molecule has 0 aliphatic heterocycles. The number of carbonyl (C=O) groups excluding carboxylic acids is 2. The lowest BCUT2D eigenvalue weighted by Gasteiger charge is -2.19. The first kappa shape index (κ1) is 25.3. The van der Waals surface area contributed by atoms with Gasteiger partial charge in [-0.3, -0.25) is 9.59 Å². The number of carbonyl (C=O) groups is 3. The summed E-state index contributed by atoms with van der Waals surface area (Å²) in [6.45, 7) is 5.57. The van der Waals surface area contributed by atoms with Gasteiger partial charge in [0.15, 0.2) is 0 Å². The number of carboxylic acids is 1. The Morgan fingerprint density at radius 3 is 2.06 bits per heavy atom. The first-order valence-corrected chi connectivity index (χ1v) is 11.9. The topological polar surface area (TPSA) is 105 Å². The van der Waals surface area contributed by atoms with E-state index < -0.39 is 12.1 Å². The van der Waals surface area contributed by atoms with E-state index in [0.717, 1.165) is 17.5 Å². The molecule has 2 aromatic rings. The Kier molecular flexibility index (Phi) is 8.68. The summed E-state index contributed by atoms with van der Waals surface area (Å²) in [5.74, 6) is -1.36. The van der Waals surface area contributed by atoms with Gasteiger partial charge in [-0.2, -0.15) is 0 Å². The number of benzene rings is 2. The third-order valence-electron chi connectivity index (χ3n) is 6.30. The normalized spacial score (nSPS) is 14.9. The summed E-state index contributed by atoms with van der Waals surface area (Å²) in [5.41, 5.74) is 4.64. The van der Waals surface area contributed by atoms with Crippen LogP contribution in [-0.2, 0) is 14.3 Å². The number of hydrogen-bond donors (Lipinski definition) is 3. The van der Waals surface area contributed by atoms with Crippen LogP contribution >= 0.6 is 0 Å². The molecule has 3 rings (SSSR count). The number of rotatable bonds is 11. The Labute approximate surface area is 200 Å². The molecule has 0 aromatic heterocycles. The predicted molar refractivity (Wildman–Crippen MR) is 131 cm³/mol. The highest BCUT2D eigenvalue weighted by atomic mass is 16.5. The fourth-order valence-electron chi connectivity index (χ4n) is 4.43. The summed E-state index contributed by atoms with van der Waals surface area (Å²) in [4.78, 5) is 35.6. The molecule has 0 saturated carbocycles. The van der Waals surface area contributed by atoms with E-state index in [2.05, 4.69) is 34.9 Å². The van der Waals surface area contributed by atoms with E-state index in [0.29, 0.717) is 12.8 Å². The number of hydrogen-bond acceptors (Lipinski definition) is 4. The molecular formula is C27H34N2O5. The van der Waals surface area contributed by atoms with Crippen molar-refractivity contribution < 1.29 is 24.2 Å². The van der Waals surface area contributed by atoms with Crippen molar-refractivity contribution in [3.05, 3.63) is 59.7 Å². The highest BCUT2D eigenvalue weighted by Gasteiger charge is 2.29. The summed E-state index contributed by atoms with van der Waals surface area (Å²) in [6, 6.07) is 15.9. The number of alkyl carbamates (subject to hydrolysis) is 1. The van der Waals surface area contributed by atoms with Crippen molar-refractivity contribution in [2.24, 2.45) is 5.92 Å². The Morgan fingerprint density at radius 2 is 1.47 bits per heavy atom. The van der Waals surface area contributed by atoms with Crippen molar-refractivity contribution in [2.45, 2.75) is 64.5 Å². The van der Waals surface area contributed by atoms with E-state index in [1.165, 1.54) is 11.1 Å². The van der Waals surface area contributed by atoms with Gasteiger partial charge in [0.05, 0.1) is 5.92 Å². The summed E-state index contributed by atoms with van der Waals surface area (Å²) in [6.07, 6.45) is 1.60. The van der Waals surface area contributed by atoms with E-state index in [9.17, 15) is 14.4 Å². The maximum absolute atomic E-state index is 12.4. The maximum atomic E-state index is 12.4. The second kappa shape index (κ2) is 11.7. The number of amides is 2. The molecule has 34 heavy (non-hydrogen) atoms. The van der Waals surface area contributed by atoms with Gasteiger partial charge in [-0.25, -0.2) is 4.79 Å². The van der Waals surface area contributed by atoms with Crippen molar-refractivity contribution >= 4 is 18.0 Å². The smallest absolute Gasteiger partial charge is 0.407 e. The van der Waals surface area contributed by atoms with Gasteiger partial charge in [0.2, 0.25) is 5.91 Å². The van der Waals surface area contributed by atoms with Gasteiger partial charge in [0, 0.05) is 24.4 Å². The molecule has 2 aromatic carbocycles. The van der Waals surface area contributed by atoms with Crippen LogP contribution in [0.25, 0.3) is 11.1 Å². The molecule has 0 saturated heterocycles. The zero-order valence-corrected chi connectivity index (χ0v) is 20.0. The van der Waals surface area contributed by atoms with Gasteiger partial charge >= 0.3 is 12.1 Å². The zero-order valence-electron chi connectivity index (χ0n) is 20.0. The van der Waals surface area contributed by atoms with Gasteiger partial charge < -0.3 is 20.5 Å². The number of carboxylic acid groups (broad SMARTS) is 1. The lowest BCUT2D eigenvalue weighted by Crippen LogP contribution is -2.40. The van der Waals surface area contributed by atoms with Crippen LogP contribution in [0.15, 0.2) is 48.5 Å². The summed E-state index contributed by atoms with van der Waals surface area (Å²) in [5, 5.41) is 14.6. The molecular weight excluding hydrogens is 432 g/mol. The molecule has 0 bridgehead atoms. The second-order valence-corrected chi connectivity index (χ2v) is 9.21. The molecule has 3 atom stereocenters. The second-order valence-electron chi connectivity index (χ2n) is 9.21. The van der Waals surface area contributed by atoms with Crippen molar-refractivity contribution in [1.29, 1.82) is 0 Å². The van der Waals surface area contributed by atoms with Crippen LogP contribution in [0.5, 0.6) is 0 Å². The number of nitrogens with one attached hydrogen (secondary N) is 2. The molecule has 0 fully saturated rings. The van der Waals surface area contributed by atoms with Gasteiger partial charge in [-0.1, -0.05) is 61.9 Å². The fraction of sp³-hybridized carbons (Fsp3) is 0.444. The van der Waals surface area contributed by atoms with Crippen LogP contribution in [0.1, 0.15) is 63.5 Å². The van der Waals surface area contributed by atoms with Crippen molar-refractivity contribution in [3.63, 3.8) is 0 Å². The van der Waals surface area contributed by atoms with Crippen molar-refractivity contribution in [1.82, 2.24) is 10.6 Å². The van der Waals surface area contributed by atoms with E-state index in [1.807, 2.05) is 31.2 Å². The first-order valence-electron chi connectivity index (χ1n) is 11.9. The van der Waals surface area contributed by atoms with Gasteiger partial charge in [-0.05, 0) is 48.9 Å². The fourth-order valence-corrected chi connectivity index (χ4v) is 4.43. The molecule has 0 radical (unpaired) electrons. The Hall–Kier alpha value is -3.35. The monoisotopic (exact) mass is 466 g/mol. The molecule has 3 unspecified atom stereocenters. The zero-order chi connectivity index (χ0) is 24.7. The first-order chi connectivity index (χ1) is 16.3. The molecule has 0 heterocycles. The largest absolute Gasteiger partial charge is 0.481 e. The minimum absolute atomic E-state index is 0.0125. The van der Waals surface area contributed by atoms with Gasteiger partial charge in [0.1, 0.15) is 6.61 Å². The highest BCUT2D eigenvalue weighted by molar-refractivity contribution is 5.79. The maximum Gasteiger partial charge on any atom is 0.407 e. The summed E-state index contributed by atoms with van der Waals surface area (Å²) < 4.78 is 5.54. The Bertz CT molecular complexity index is 976. The summed E-state index contributed by atoms with van der Waals surface area (Å²) >= 11 is 0. The molecule has 0 spiro atoms. The average molecular weight is 467 g/mol. The molecule has 182 valence electrons. The van der Waals surface area contributed by atoms with Crippen LogP contribution in [0, 0.1) is 5.92 Å². The molecule has 2 amide bonds. The summed E-state index contributed by atoms with van der Waals surface area (Å²) in [7, 11) is 0. The number of ether oxygens (including phenoxy) is 1. The van der Waals surface area contributed by atoms with Crippen LogP contribution in [0.3, 0.4) is 0 Å². The van der Waals surface area contributed by atoms with E-state index in [4.69, 9.17) is 9.84 Å². The van der Waals surface area contributed by atoms with Crippen LogP contribution < -0.4 is 10.6 Å². The van der Waals surface area contributed by atoms with E-state index in [1.54, 1.807) is 13.8 Å². The molecule has 3 N–H and O–H groups in total. The standard InChI is InChI=1S/C27H34N2O5/c1-17(26(31)32)9-8-10-18(2)28-25(30)15-19(3)29-27(33)34-16-24-22-13-6-4-11-20(22)21-12-5-7-14-23(21)24/h4-7,11-14,17-19,24H,8-10,15-16H2,1-3H3,(H,28,30)(H,29,33)(H,31,32). The quantitative estimate of drug-likeness (QED) is 0.445. The average Bonchev–Trinajstić information content (AvgIpc) is 3.11. The molecule has 1 aliphatic rings. The third-order valence-corrected chi connectivity index (χ3v) is 6.30. The van der Waals surface area contributed by atoms with Crippen molar-refractivity contribution in [2.75, 3.05) is 6.61 Å².